The lowest BCUT2D eigenvalue weighted by atomic mass is 10.1. The molecule has 0 saturated heterocycles. The number of carbonyl (C=O) groups excluding carboxylic acids is 1. The van der Waals surface area contributed by atoms with Gasteiger partial charge in [0.25, 0.3) is 0 Å². The molecule has 0 aliphatic carbocycles. The quantitative estimate of drug-likeness (QED) is 0.500. The minimum atomic E-state index is -0.728. The lowest BCUT2D eigenvalue weighted by Crippen LogP contribution is -2.00. The Kier molecular flexibility index (Phi) is 8.46. The molecule has 2 aromatic rings. The molecule has 0 radical (unpaired) electrons. The van der Waals surface area contributed by atoms with Crippen molar-refractivity contribution < 1.29 is 42.0 Å². The fraction of sp³-hybridized carbons (Fsp3) is 0.261. The molecule has 0 atom stereocenters. The van der Waals surface area contributed by atoms with E-state index in [1.54, 1.807) is 0 Å². The van der Waals surface area contributed by atoms with Gasteiger partial charge in [-0.05, 0) is 36.4 Å². The molecule has 0 aliphatic rings. The Balaban J connectivity index is 2.36. The van der Waals surface area contributed by atoms with Crippen LogP contribution in [-0.2, 0) is 4.79 Å². The van der Waals surface area contributed by atoms with E-state index in [4.69, 9.17) is 28.4 Å². The van der Waals surface area contributed by atoms with E-state index in [9.17, 15) is 13.6 Å². The van der Waals surface area contributed by atoms with Gasteiger partial charge in [-0.15, -0.1) is 0 Å². The monoisotopic (exact) mass is 450 g/mol. The van der Waals surface area contributed by atoms with Crippen molar-refractivity contribution in [2.75, 3.05) is 42.7 Å². The van der Waals surface area contributed by atoms with Crippen LogP contribution in [0.4, 0.5) is 8.78 Å². The number of carbonyl (C=O) groups is 1. The fourth-order valence-electron chi connectivity index (χ4n) is 2.92. The SMILES string of the molecule is COc1cc(/C=C/C(=O)/C=C/c2cc(OC)c(OC)c(OC)c2F)c(F)c(OC)c1OC. The van der Waals surface area contributed by atoms with Gasteiger partial charge in [0, 0.05) is 11.1 Å². The summed E-state index contributed by atoms with van der Waals surface area (Å²) in [5.41, 5.74) is 0.0837. The molecule has 0 heterocycles. The first-order valence-corrected chi connectivity index (χ1v) is 9.23. The van der Waals surface area contributed by atoms with E-state index >= 15 is 0 Å². The van der Waals surface area contributed by atoms with Crippen LogP contribution in [0.5, 0.6) is 34.5 Å². The minimum Gasteiger partial charge on any atom is -0.493 e. The van der Waals surface area contributed by atoms with Crippen LogP contribution in [0.3, 0.4) is 0 Å². The van der Waals surface area contributed by atoms with Crippen molar-refractivity contribution >= 4 is 17.9 Å². The summed E-state index contributed by atoms with van der Waals surface area (Å²) in [7, 11) is 8.06. The van der Waals surface area contributed by atoms with Crippen molar-refractivity contribution in [3.63, 3.8) is 0 Å². The van der Waals surface area contributed by atoms with E-state index in [0.717, 1.165) is 12.2 Å². The molecule has 0 spiro atoms. The van der Waals surface area contributed by atoms with Crippen LogP contribution in [0.2, 0.25) is 0 Å². The molecule has 0 N–H and O–H groups in total. The standard InChI is InChI=1S/C23H24F2O7/c1-27-16-11-13(18(24)22(31-5)20(16)29-3)7-9-15(26)10-8-14-12-17(28-2)21(30-4)23(32-6)19(14)25/h7-12H,1-6H3/b9-7+,10-8+. The Morgan fingerprint density at radius 2 is 0.969 bits per heavy atom. The summed E-state index contributed by atoms with van der Waals surface area (Å²) >= 11 is 0. The molecule has 0 saturated carbocycles. The van der Waals surface area contributed by atoms with Crippen LogP contribution in [0, 0.1) is 11.6 Å². The summed E-state index contributed by atoms with van der Waals surface area (Å²) < 4.78 is 60.1. The van der Waals surface area contributed by atoms with Gasteiger partial charge in [0.2, 0.25) is 23.0 Å². The Morgan fingerprint density at radius 3 is 1.25 bits per heavy atom. The predicted octanol–water partition coefficient (Wildman–Crippen LogP) is 4.31. The molecule has 2 rings (SSSR count). The number of ketones is 1. The molecule has 9 heteroatoms. The van der Waals surface area contributed by atoms with Crippen molar-refractivity contribution in [3.8, 4) is 34.5 Å². The molecule has 32 heavy (non-hydrogen) atoms. The summed E-state index contributed by atoms with van der Waals surface area (Å²) in [4.78, 5) is 12.3. The molecule has 0 aromatic heterocycles. The molecule has 7 nitrogen and oxygen atoms in total. The van der Waals surface area contributed by atoms with Crippen molar-refractivity contribution in [2.24, 2.45) is 0 Å². The summed E-state index contributed by atoms with van der Waals surface area (Å²) in [6, 6.07) is 2.73. The summed E-state index contributed by atoms with van der Waals surface area (Å²) in [5.74, 6) is -1.65. The van der Waals surface area contributed by atoms with E-state index in [2.05, 4.69) is 0 Å². The molecular formula is C23H24F2O7. The first kappa shape index (κ1) is 24.5. The van der Waals surface area contributed by atoms with E-state index in [1.807, 2.05) is 0 Å². The van der Waals surface area contributed by atoms with Gasteiger partial charge < -0.3 is 28.4 Å². The summed E-state index contributed by atoms with van der Waals surface area (Å²) in [5, 5.41) is 0. The van der Waals surface area contributed by atoms with Gasteiger partial charge in [-0.1, -0.05) is 0 Å². The molecule has 0 unspecified atom stereocenters. The lowest BCUT2D eigenvalue weighted by molar-refractivity contribution is -0.110. The first-order chi connectivity index (χ1) is 15.4. The Morgan fingerprint density at radius 1 is 0.625 bits per heavy atom. The summed E-state index contributed by atoms with van der Waals surface area (Å²) in [6.45, 7) is 0. The third-order valence-electron chi connectivity index (χ3n) is 4.45. The largest absolute Gasteiger partial charge is 0.493 e. The molecule has 0 aliphatic heterocycles. The number of rotatable bonds is 10. The minimum absolute atomic E-state index is 0.0419. The maximum Gasteiger partial charge on any atom is 0.206 e. The zero-order chi connectivity index (χ0) is 23.8. The Bertz CT molecular complexity index is 964. The topological polar surface area (TPSA) is 72.5 Å². The highest BCUT2D eigenvalue weighted by atomic mass is 19.1. The molecule has 172 valence electrons. The number of hydrogen-bond donors (Lipinski definition) is 0. The van der Waals surface area contributed by atoms with E-state index < -0.39 is 17.4 Å². The van der Waals surface area contributed by atoms with Gasteiger partial charge in [0.15, 0.2) is 28.9 Å². The number of allylic oxidation sites excluding steroid dienone is 2. The lowest BCUT2D eigenvalue weighted by Gasteiger charge is -2.14. The van der Waals surface area contributed by atoms with Crippen molar-refractivity contribution in [3.05, 3.63) is 47.0 Å². The van der Waals surface area contributed by atoms with Crippen LogP contribution in [-0.4, -0.2) is 48.4 Å². The van der Waals surface area contributed by atoms with Crippen LogP contribution in [0.15, 0.2) is 24.3 Å². The molecule has 0 amide bonds. The average molecular weight is 450 g/mol. The zero-order valence-corrected chi connectivity index (χ0v) is 18.6. The number of methoxy groups -OCH3 is 6. The zero-order valence-electron chi connectivity index (χ0n) is 18.6. The highest BCUT2D eigenvalue weighted by molar-refractivity contribution is 6.04. The van der Waals surface area contributed by atoms with Gasteiger partial charge in [-0.3, -0.25) is 4.79 Å². The summed E-state index contributed by atoms with van der Waals surface area (Å²) in [6.07, 6.45) is 4.74. The van der Waals surface area contributed by atoms with Crippen LogP contribution < -0.4 is 28.4 Å². The number of halogens is 2. The second kappa shape index (κ2) is 11.0. The van der Waals surface area contributed by atoms with Gasteiger partial charge >= 0.3 is 0 Å². The predicted molar refractivity (Wildman–Crippen MR) is 115 cm³/mol. The third kappa shape index (κ3) is 4.93. The average Bonchev–Trinajstić information content (AvgIpc) is 2.81. The first-order valence-electron chi connectivity index (χ1n) is 9.23. The second-order valence-electron chi connectivity index (χ2n) is 6.17. The normalized spacial score (nSPS) is 11.0. The Labute approximate surface area is 184 Å². The van der Waals surface area contributed by atoms with Gasteiger partial charge in [-0.25, -0.2) is 8.78 Å². The van der Waals surface area contributed by atoms with Crippen molar-refractivity contribution in [2.45, 2.75) is 0 Å². The maximum atomic E-state index is 14.7. The molecule has 0 bridgehead atoms. The highest BCUT2D eigenvalue weighted by Gasteiger charge is 2.21. The van der Waals surface area contributed by atoms with E-state index in [1.165, 1.54) is 66.9 Å². The molecule has 0 fully saturated rings. The van der Waals surface area contributed by atoms with Gasteiger partial charge in [0.05, 0.1) is 42.7 Å². The third-order valence-corrected chi connectivity index (χ3v) is 4.45. The Hall–Kier alpha value is -3.75. The molecular weight excluding hydrogens is 426 g/mol. The van der Waals surface area contributed by atoms with E-state index in [-0.39, 0.29) is 45.6 Å². The smallest absolute Gasteiger partial charge is 0.206 e. The maximum absolute atomic E-state index is 14.7. The van der Waals surface area contributed by atoms with Crippen LogP contribution in [0.25, 0.3) is 12.2 Å². The van der Waals surface area contributed by atoms with Crippen molar-refractivity contribution in [1.29, 1.82) is 0 Å². The fourth-order valence-corrected chi connectivity index (χ4v) is 2.92. The van der Waals surface area contributed by atoms with Crippen molar-refractivity contribution in [1.82, 2.24) is 0 Å². The second-order valence-corrected chi connectivity index (χ2v) is 6.17. The van der Waals surface area contributed by atoms with Crippen LogP contribution in [0.1, 0.15) is 11.1 Å². The van der Waals surface area contributed by atoms with E-state index in [0.29, 0.717) is 0 Å². The van der Waals surface area contributed by atoms with Gasteiger partial charge in [0.1, 0.15) is 0 Å². The highest BCUT2D eigenvalue weighted by Crippen LogP contribution is 2.42. The number of ether oxygens (including phenoxy) is 6. The molecule has 2 aromatic carbocycles. The van der Waals surface area contributed by atoms with Gasteiger partial charge in [-0.2, -0.15) is 0 Å². The number of benzene rings is 2. The van der Waals surface area contributed by atoms with Crippen LogP contribution >= 0.6 is 0 Å². The number of hydrogen-bond acceptors (Lipinski definition) is 7.